The average Bonchev–Trinajstić information content (AvgIpc) is 2.92. The van der Waals surface area contributed by atoms with Gasteiger partial charge in [-0.2, -0.15) is 0 Å². The minimum absolute atomic E-state index is 0.0152. The minimum atomic E-state index is -0.0152. The van der Waals surface area contributed by atoms with Crippen LogP contribution in [0.15, 0.2) is 42.5 Å². The van der Waals surface area contributed by atoms with E-state index in [9.17, 15) is 4.79 Å². The van der Waals surface area contributed by atoms with E-state index in [4.69, 9.17) is 9.72 Å². The summed E-state index contributed by atoms with van der Waals surface area (Å²) in [6.07, 6.45) is 0.893. The molecular weight excluding hydrogens is 314 g/mol. The van der Waals surface area contributed by atoms with Gasteiger partial charge in [-0.15, -0.1) is 0 Å². The number of nitrogens with one attached hydrogen (secondary N) is 1. The zero-order valence-electron chi connectivity index (χ0n) is 14.5. The largest absolute Gasteiger partial charge is 0.497 e. The fraction of sp³-hybridized carbons (Fsp3) is 0.300. The van der Waals surface area contributed by atoms with Gasteiger partial charge in [0.2, 0.25) is 0 Å². The summed E-state index contributed by atoms with van der Waals surface area (Å²) in [5, 5.41) is 2.96. The number of benzene rings is 2. The Kier molecular flexibility index (Phi) is 3.92. The molecule has 0 fully saturated rings. The van der Waals surface area contributed by atoms with Gasteiger partial charge in [0, 0.05) is 19.0 Å². The molecule has 1 N–H and O–H groups in total. The smallest absolute Gasteiger partial charge is 0.253 e. The Labute approximate surface area is 146 Å². The van der Waals surface area contributed by atoms with E-state index in [0.717, 1.165) is 35.6 Å². The van der Waals surface area contributed by atoms with Crippen molar-refractivity contribution in [3.8, 4) is 5.75 Å². The van der Waals surface area contributed by atoms with Crippen LogP contribution in [0.25, 0.3) is 11.0 Å². The minimum Gasteiger partial charge on any atom is -0.497 e. The number of ether oxygens (including phenoxy) is 1. The Morgan fingerprint density at radius 2 is 2.04 bits per heavy atom. The third-order valence-corrected chi connectivity index (χ3v) is 4.80. The molecule has 1 unspecified atom stereocenters. The number of hydrogen-bond acceptors (Lipinski definition) is 3. The van der Waals surface area contributed by atoms with Crippen LogP contribution in [-0.4, -0.2) is 29.1 Å². The SMILES string of the molecule is COc1ccc(CC(C)c2nc3cccc4c3n2CCNC4=O)cc1. The van der Waals surface area contributed by atoms with Gasteiger partial charge >= 0.3 is 0 Å². The van der Waals surface area contributed by atoms with Crippen molar-refractivity contribution >= 4 is 16.9 Å². The van der Waals surface area contributed by atoms with E-state index in [1.165, 1.54) is 5.56 Å². The first-order valence-corrected chi connectivity index (χ1v) is 8.57. The van der Waals surface area contributed by atoms with Crippen molar-refractivity contribution in [3.63, 3.8) is 0 Å². The van der Waals surface area contributed by atoms with Gasteiger partial charge in [-0.1, -0.05) is 25.1 Å². The molecule has 2 heterocycles. The first-order chi connectivity index (χ1) is 12.2. The summed E-state index contributed by atoms with van der Waals surface area (Å²) in [6, 6.07) is 13.9. The molecule has 1 aliphatic rings. The molecule has 1 atom stereocenters. The van der Waals surface area contributed by atoms with Crippen molar-refractivity contribution in [1.29, 1.82) is 0 Å². The van der Waals surface area contributed by atoms with Crippen LogP contribution in [0, 0.1) is 0 Å². The maximum Gasteiger partial charge on any atom is 0.253 e. The Hall–Kier alpha value is -2.82. The Bertz CT molecular complexity index is 928. The summed E-state index contributed by atoms with van der Waals surface area (Å²) in [5.74, 6) is 2.14. The van der Waals surface area contributed by atoms with Crippen LogP contribution in [0.2, 0.25) is 0 Å². The van der Waals surface area contributed by atoms with Crippen LogP contribution < -0.4 is 10.1 Å². The van der Waals surface area contributed by atoms with E-state index in [2.05, 4.69) is 28.9 Å². The molecule has 1 aromatic heterocycles. The molecule has 0 saturated heterocycles. The standard InChI is InChI=1S/C20H21N3O2/c1-13(12-14-6-8-15(25-2)9-7-14)19-22-17-5-3-4-16-18(17)23(19)11-10-21-20(16)24/h3-9,13H,10-12H2,1-2H3,(H,21,24). The van der Waals surface area contributed by atoms with Crippen LogP contribution >= 0.6 is 0 Å². The number of methoxy groups -OCH3 is 1. The number of rotatable bonds is 4. The lowest BCUT2D eigenvalue weighted by Crippen LogP contribution is -2.24. The number of imidazole rings is 1. The second-order valence-corrected chi connectivity index (χ2v) is 6.50. The van der Waals surface area contributed by atoms with E-state index >= 15 is 0 Å². The van der Waals surface area contributed by atoms with Crippen molar-refractivity contribution in [2.45, 2.75) is 25.8 Å². The highest BCUT2D eigenvalue weighted by atomic mass is 16.5. The molecular formula is C20H21N3O2. The fourth-order valence-electron chi connectivity index (χ4n) is 3.57. The molecule has 1 amide bonds. The number of carbonyl (C=O) groups is 1. The normalized spacial score (nSPS) is 14.9. The molecule has 0 saturated carbocycles. The zero-order chi connectivity index (χ0) is 17.4. The first-order valence-electron chi connectivity index (χ1n) is 8.57. The molecule has 25 heavy (non-hydrogen) atoms. The lowest BCUT2D eigenvalue weighted by Gasteiger charge is -2.14. The quantitative estimate of drug-likeness (QED) is 0.797. The molecule has 0 bridgehead atoms. The summed E-state index contributed by atoms with van der Waals surface area (Å²) in [7, 11) is 1.67. The third-order valence-electron chi connectivity index (χ3n) is 4.80. The highest BCUT2D eigenvalue weighted by Gasteiger charge is 2.23. The Morgan fingerprint density at radius 1 is 1.24 bits per heavy atom. The van der Waals surface area contributed by atoms with Gasteiger partial charge in [-0.05, 0) is 36.2 Å². The average molecular weight is 335 g/mol. The summed E-state index contributed by atoms with van der Waals surface area (Å²) in [4.78, 5) is 17.1. The highest BCUT2D eigenvalue weighted by Crippen LogP contribution is 2.28. The van der Waals surface area contributed by atoms with Crippen LogP contribution in [0.5, 0.6) is 5.75 Å². The van der Waals surface area contributed by atoms with Crippen molar-refractivity contribution in [2.75, 3.05) is 13.7 Å². The van der Waals surface area contributed by atoms with Gasteiger partial charge in [-0.25, -0.2) is 4.98 Å². The topological polar surface area (TPSA) is 56.1 Å². The van der Waals surface area contributed by atoms with Crippen molar-refractivity contribution < 1.29 is 9.53 Å². The van der Waals surface area contributed by atoms with Crippen LogP contribution in [0.1, 0.15) is 34.6 Å². The monoisotopic (exact) mass is 335 g/mol. The van der Waals surface area contributed by atoms with Gasteiger partial charge in [-0.3, -0.25) is 4.79 Å². The van der Waals surface area contributed by atoms with Gasteiger partial charge < -0.3 is 14.6 Å². The van der Waals surface area contributed by atoms with Gasteiger partial charge in [0.15, 0.2) is 0 Å². The molecule has 0 spiro atoms. The van der Waals surface area contributed by atoms with Gasteiger partial charge in [0.25, 0.3) is 5.91 Å². The molecule has 2 aromatic carbocycles. The van der Waals surface area contributed by atoms with E-state index in [-0.39, 0.29) is 11.8 Å². The van der Waals surface area contributed by atoms with E-state index in [1.54, 1.807) is 7.11 Å². The highest BCUT2D eigenvalue weighted by molar-refractivity contribution is 6.05. The third kappa shape index (κ3) is 2.76. The van der Waals surface area contributed by atoms with Crippen LogP contribution in [-0.2, 0) is 13.0 Å². The van der Waals surface area contributed by atoms with E-state index in [1.807, 2.05) is 30.3 Å². The molecule has 5 heteroatoms. The zero-order valence-corrected chi connectivity index (χ0v) is 14.5. The molecule has 3 aromatic rings. The number of hydrogen-bond donors (Lipinski definition) is 1. The molecule has 0 radical (unpaired) electrons. The fourth-order valence-corrected chi connectivity index (χ4v) is 3.57. The lowest BCUT2D eigenvalue weighted by atomic mass is 10.0. The first kappa shape index (κ1) is 15.7. The number of aromatic nitrogens is 2. The maximum absolute atomic E-state index is 12.3. The van der Waals surface area contributed by atoms with E-state index in [0.29, 0.717) is 12.1 Å². The van der Waals surface area contributed by atoms with Crippen molar-refractivity contribution in [3.05, 3.63) is 59.4 Å². The predicted octanol–water partition coefficient (Wildman–Crippen LogP) is 3.13. The summed E-state index contributed by atoms with van der Waals surface area (Å²) in [5.41, 5.74) is 3.81. The predicted molar refractivity (Wildman–Crippen MR) is 97.2 cm³/mol. The Morgan fingerprint density at radius 3 is 2.80 bits per heavy atom. The number of para-hydroxylation sites is 1. The summed E-state index contributed by atoms with van der Waals surface area (Å²) < 4.78 is 7.43. The molecule has 4 rings (SSSR count). The molecule has 0 aliphatic carbocycles. The van der Waals surface area contributed by atoms with Crippen molar-refractivity contribution in [1.82, 2.24) is 14.9 Å². The Balaban J connectivity index is 1.71. The van der Waals surface area contributed by atoms with Crippen LogP contribution in [0.3, 0.4) is 0 Å². The maximum atomic E-state index is 12.3. The van der Waals surface area contributed by atoms with E-state index < -0.39 is 0 Å². The summed E-state index contributed by atoms with van der Waals surface area (Å²) >= 11 is 0. The number of amides is 1. The second-order valence-electron chi connectivity index (χ2n) is 6.50. The van der Waals surface area contributed by atoms with Crippen molar-refractivity contribution in [2.24, 2.45) is 0 Å². The molecule has 128 valence electrons. The summed E-state index contributed by atoms with van der Waals surface area (Å²) in [6.45, 7) is 3.57. The molecule has 5 nitrogen and oxygen atoms in total. The van der Waals surface area contributed by atoms with Crippen LogP contribution in [0.4, 0.5) is 0 Å². The number of nitrogens with zero attached hydrogens (tertiary/aromatic N) is 2. The molecule has 1 aliphatic heterocycles. The van der Waals surface area contributed by atoms with Gasteiger partial charge in [0.1, 0.15) is 11.6 Å². The lowest BCUT2D eigenvalue weighted by molar-refractivity contribution is 0.0956. The second kappa shape index (κ2) is 6.24. The van der Waals surface area contributed by atoms with Gasteiger partial charge in [0.05, 0.1) is 23.7 Å². The number of carbonyl (C=O) groups excluding carboxylic acids is 1.